The van der Waals surface area contributed by atoms with E-state index in [1.54, 1.807) is 10.9 Å². The van der Waals surface area contributed by atoms with Crippen molar-refractivity contribution < 1.29 is 4.79 Å². The Morgan fingerprint density at radius 3 is 2.73 bits per heavy atom. The molecule has 0 radical (unpaired) electrons. The van der Waals surface area contributed by atoms with E-state index in [1.807, 2.05) is 14.0 Å². The lowest BCUT2D eigenvalue weighted by atomic mass is 10.2. The summed E-state index contributed by atoms with van der Waals surface area (Å²) in [6.07, 6.45) is 6.34. The van der Waals surface area contributed by atoms with Crippen LogP contribution in [0, 0.1) is 6.92 Å². The van der Waals surface area contributed by atoms with E-state index in [9.17, 15) is 4.79 Å². The molecule has 4 heteroatoms. The topological polar surface area (TPSA) is 46.9 Å². The van der Waals surface area contributed by atoms with Gasteiger partial charge in [0.25, 0.3) is 5.91 Å². The zero-order valence-electron chi connectivity index (χ0n) is 9.29. The smallest absolute Gasteiger partial charge is 0.254 e. The molecule has 15 heavy (non-hydrogen) atoms. The summed E-state index contributed by atoms with van der Waals surface area (Å²) in [5, 5.41) is 7.12. The van der Waals surface area contributed by atoms with Crippen molar-refractivity contribution in [2.75, 3.05) is 0 Å². The van der Waals surface area contributed by atoms with Gasteiger partial charge in [-0.05, 0) is 19.8 Å². The average molecular weight is 207 g/mol. The fourth-order valence-corrected chi connectivity index (χ4v) is 2.05. The zero-order valence-corrected chi connectivity index (χ0v) is 9.29. The van der Waals surface area contributed by atoms with Crippen LogP contribution in [-0.2, 0) is 7.05 Å². The number of hydrogen-bond acceptors (Lipinski definition) is 2. The predicted octanol–water partition coefficient (Wildman–Crippen LogP) is 1.40. The van der Waals surface area contributed by atoms with E-state index >= 15 is 0 Å². The maximum Gasteiger partial charge on any atom is 0.254 e. The Hall–Kier alpha value is -1.32. The van der Waals surface area contributed by atoms with Crippen LogP contribution in [0.3, 0.4) is 0 Å². The molecule has 0 saturated heterocycles. The number of nitrogens with one attached hydrogen (secondary N) is 1. The summed E-state index contributed by atoms with van der Waals surface area (Å²) in [5.41, 5.74) is 1.62. The van der Waals surface area contributed by atoms with Crippen LogP contribution >= 0.6 is 0 Å². The third-order valence-electron chi connectivity index (χ3n) is 3.17. The van der Waals surface area contributed by atoms with Gasteiger partial charge in [0.2, 0.25) is 0 Å². The monoisotopic (exact) mass is 207 g/mol. The fraction of sp³-hybridized carbons (Fsp3) is 0.636. The number of carbonyl (C=O) groups is 1. The Balaban J connectivity index is 2.04. The van der Waals surface area contributed by atoms with Gasteiger partial charge in [0.05, 0.1) is 11.8 Å². The second kappa shape index (κ2) is 4.04. The van der Waals surface area contributed by atoms with Crippen LogP contribution in [0.15, 0.2) is 6.20 Å². The molecule has 0 bridgehead atoms. The van der Waals surface area contributed by atoms with E-state index in [1.165, 1.54) is 12.8 Å². The van der Waals surface area contributed by atoms with Gasteiger partial charge in [0.15, 0.2) is 0 Å². The summed E-state index contributed by atoms with van der Waals surface area (Å²) in [4.78, 5) is 11.9. The first kappa shape index (κ1) is 10.2. The van der Waals surface area contributed by atoms with Crippen LogP contribution < -0.4 is 5.32 Å². The number of nitrogens with zero attached hydrogens (tertiary/aromatic N) is 2. The molecule has 1 amide bonds. The third-order valence-corrected chi connectivity index (χ3v) is 3.17. The van der Waals surface area contributed by atoms with E-state index in [-0.39, 0.29) is 5.91 Å². The molecule has 1 fully saturated rings. The molecule has 1 aliphatic carbocycles. The second-order valence-corrected chi connectivity index (χ2v) is 4.22. The van der Waals surface area contributed by atoms with E-state index in [4.69, 9.17) is 0 Å². The Kier molecular flexibility index (Phi) is 2.75. The predicted molar refractivity (Wildman–Crippen MR) is 57.7 cm³/mol. The van der Waals surface area contributed by atoms with E-state index in [0.29, 0.717) is 11.6 Å². The molecule has 4 nitrogen and oxygen atoms in total. The summed E-state index contributed by atoms with van der Waals surface area (Å²) in [7, 11) is 1.85. The highest BCUT2D eigenvalue weighted by Crippen LogP contribution is 2.18. The van der Waals surface area contributed by atoms with E-state index < -0.39 is 0 Å². The molecule has 0 atom stereocenters. The number of amides is 1. The van der Waals surface area contributed by atoms with Crippen LogP contribution in [0.2, 0.25) is 0 Å². The van der Waals surface area contributed by atoms with Crippen molar-refractivity contribution in [2.45, 2.75) is 38.6 Å². The lowest BCUT2D eigenvalue weighted by Gasteiger charge is -2.11. The van der Waals surface area contributed by atoms with Crippen LogP contribution in [-0.4, -0.2) is 21.7 Å². The number of aromatic nitrogens is 2. The average Bonchev–Trinajstić information content (AvgIpc) is 2.79. The maximum absolute atomic E-state index is 11.9. The van der Waals surface area contributed by atoms with Crippen molar-refractivity contribution in [2.24, 2.45) is 7.05 Å². The van der Waals surface area contributed by atoms with Gasteiger partial charge in [-0.3, -0.25) is 9.48 Å². The van der Waals surface area contributed by atoms with Gasteiger partial charge in [0, 0.05) is 18.8 Å². The molecule has 1 heterocycles. The molecule has 1 saturated carbocycles. The molecular formula is C11H17N3O. The largest absolute Gasteiger partial charge is 0.349 e. The number of rotatable bonds is 2. The van der Waals surface area contributed by atoms with Crippen molar-refractivity contribution >= 4 is 5.91 Å². The molecule has 1 aromatic rings. The lowest BCUT2D eigenvalue weighted by Crippen LogP contribution is -2.32. The minimum atomic E-state index is 0.0208. The fourth-order valence-electron chi connectivity index (χ4n) is 2.05. The van der Waals surface area contributed by atoms with Crippen LogP contribution in [0.4, 0.5) is 0 Å². The van der Waals surface area contributed by atoms with Crippen LogP contribution in [0.1, 0.15) is 41.7 Å². The van der Waals surface area contributed by atoms with Gasteiger partial charge in [0.1, 0.15) is 0 Å². The molecule has 0 unspecified atom stereocenters. The normalized spacial score (nSPS) is 16.9. The summed E-state index contributed by atoms with van der Waals surface area (Å²) in [6.45, 7) is 1.91. The van der Waals surface area contributed by atoms with Crippen molar-refractivity contribution in [1.29, 1.82) is 0 Å². The SMILES string of the molecule is Cc1c(C(=O)NC2CCCC2)cnn1C. The molecule has 1 N–H and O–H groups in total. The molecule has 1 aromatic heterocycles. The first-order chi connectivity index (χ1) is 7.18. The van der Waals surface area contributed by atoms with Crippen molar-refractivity contribution in [3.05, 3.63) is 17.5 Å². The number of aryl methyl sites for hydroxylation is 1. The molecule has 0 aliphatic heterocycles. The first-order valence-electron chi connectivity index (χ1n) is 5.48. The standard InChI is InChI=1S/C11H17N3O/c1-8-10(7-12-14(8)2)11(15)13-9-5-3-4-6-9/h7,9H,3-6H2,1-2H3,(H,13,15). The van der Waals surface area contributed by atoms with Gasteiger partial charge in [-0.2, -0.15) is 5.10 Å². The van der Waals surface area contributed by atoms with Gasteiger partial charge >= 0.3 is 0 Å². The first-order valence-corrected chi connectivity index (χ1v) is 5.48. The summed E-state index contributed by atoms with van der Waals surface area (Å²) < 4.78 is 1.73. The highest BCUT2D eigenvalue weighted by Gasteiger charge is 2.19. The van der Waals surface area contributed by atoms with Gasteiger partial charge in [-0.1, -0.05) is 12.8 Å². The molecule has 82 valence electrons. The third kappa shape index (κ3) is 2.03. The van der Waals surface area contributed by atoms with Crippen LogP contribution in [0.5, 0.6) is 0 Å². The molecule has 0 spiro atoms. The zero-order chi connectivity index (χ0) is 10.8. The quantitative estimate of drug-likeness (QED) is 0.796. The van der Waals surface area contributed by atoms with Crippen molar-refractivity contribution in [1.82, 2.24) is 15.1 Å². The Labute approximate surface area is 89.7 Å². The minimum absolute atomic E-state index is 0.0208. The van der Waals surface area contributed by atoms with E-state index in [0.717, 1.165) is 18.5 Å². The summed E-state index contributed by atoms with van der Waals surface area (Å²) in [6, 6.07) is 0.372. The minimum Gasteiger partial charge on any atom is -0.349 e. The van der Waals surface area contributed by atoms with Crippen molar-refractivity contribution in [3.63, 3.8) is 0 Å². The summed E-state index contributed by atoms with van der Waals surface area (Å²) in [5.74, 6) is 0.0208. The highest BCUT2D eigenvalue weighted by molar-refractivity contribution is 5.95. The van der Waals surface area contributed by atoms with Crippen molar-refractivity contribution in [3.8, 4) is 0 Å². The van der Waals surface area contributed by atoms with E-state index in [2.05, 4.69) is 10.4 Å². The summed E-state index contributed by atoms with van der Waals surface area (Å²) >= 11 is 0. The molecular weight excluding hydrogens is 190 g/mol. The molecule has 0 aromatic carbocycles. The molecule has 2 rings (SSSR count). The Morgan fingerprint density at radius 2 is 2.20 bits per heavy atom. The lowest BCUT2D eigenvalue weighted by molar-refractivity contribution is 0.0937. The van der Waals surface area contributed by atoms with Gasteiger partial charge in [-0.25, -0.2) is 0 Å². The van der Waals surface area contributed by atoms with Gasteiger partial charge in [-0.15, -0.1) is 0 Å². The molecule has 1 aliphatic rings. The number of hydrogen-bond donors (Lipinski definition) is 1. The number of carbonyl (C=O) groups excluding carboxylic acids is 1. The highest BCUT2D eigenvalue weighted by atomic mass is 16.1. The van der Waals surface area contributed by atoms with Gasteiger partial charge < -0.3 is 5.32 Å². The maximum atomic E-state index is 11.9. The second-order valence-electron chi connectivity index (χ2n) is 4.22. The Morgan fingerprint density at radius 1 is 1.53 bits per heavy atom. The Bertz CT molecular complexity index is 364. The van der Waals surface area contributed by atoms with Crippen LogP contribution in [0.25, 0.3) is 0 Å².